The molecule has 5 fully saturated rings. The molecule has 4 saturated carbocycles. The number of carbonyl (C=O) groups excluding carboxylic acids is 2. The summed E-state index contributed by atoms with van der Waals surface area (Å²) in [6, 6.07) is 7.58. The molecule has 0 aromatic heterocycles. The van der Waals surface area contributed by atoms with Gasteiger partial charge in [-0.15, -0.1) is 0 Å². The van der Waals surface area contributed by atoms with E-state index in [1.807, 2.05) is 36.1 Å². The van der Waals surface area contributed by atoms with Crippen LogP contribution in [0, 0.1) is 30.1 Å². The first-order chi connectivity index (χ1) is 13.0. The molecule has 0 unspecified atom stereocenters. The molecule has 4 nitrogen and oxygen atoms in total. The highest BCUT2D eigenvalue weighted by Crippen LogP contribution is 2.60. The largest absolute Gasteiger partial charge is 0.330 e. The van der Waals surface area contributed by atoms with Crippen LogP contribution in [0.1, 0.15) is 56.9 Å². The quantitative estimate of drug-likeness (QED) is 0.874. The number of benzene rings is 1. The van der Waals surface area contributed by atoms with Gasteiger partial charge in [-0.1, -0.05) is 12.1 Å². The van der Waals surface area contributed by atoms with E-state index in [0.717, 1.165) is 67.7 Å². The average molecular weight is 367 g/mol. The third-order valence-corrected chi connectivity index (χ3v) is 7.59. The van der Waals surface area contributed by atoms with Crippen LogP contribution in [0.25, 0.3) is 0 Å². The van der Waals surface area contributed by atoms with Crippen molar-refractivity contribution in [2.45, 2.75) is 64.3 Å². The fourth-order valence-corrected chi connectivity index (χ4v) is 6.91. The maximum Gasteiger partial charge on any atom is 0.247 e. The number of anilines is 1. The highest BCUT2D eigenvalue weighted by Gasteiger charge is 2.56. The van der Waals surface area contributed by atoms with E-state index >= 15 is 0 Å². The van der Waals surface area contributed by atoms with Gasteiger partial charge in [-0.2, -0.15) is 0 Å². The molecule has 1 N–H and O–H groups in total. The first kappa shape index (κ1) is 17.3. The number of aryl methyl sites for hydroxylation is 1. The Kier molecular flexibility index (Phi) is 4.06. The van der Waals surface area contributed by atoms with Crippen molar-refractivity contribution in [2.24, 2.45) is 23.2 Å². The number of likely N-dealkylation sites (tertiary alicyclic amines) is 1. The van der Waals surface area contributed by atoms with E-state index in [9.17, 15) is 9.59 Å². The summed E-state index contributed by atoms with van der Waals surface area (Å²) in [6.45, 7) is 2.76. The van der Waals surface area contributed by atoms with E-state index in [1.54, 1.807) is 0 Å². The third kappa shape index (κ3) is 2.97. The molecule has 1 atom stereocenters. The molecule has 1 heterocycles. The smallest absolute Gasteiger partial charge is 0.247 e. The van der Waals surface area contributed by atoms with Crippen molar-refractivity contribution in [3.63, 3.8) is 0 Å². The van der Waals surface area contributed by atoms with Gasteiger partial charge in [-0.25, -0.2) is 0 Å². The average Bonchev–Trinajstić information content (AvgIpc) is 3.09. The fraction of sp³-hybridized carbons (Fsp3) is 0.652. The Bertz CT molecular complexity index is 736. The first-order valence-electron chi connectivity index (χ1n) is 10.7. The second-order valence-electron chi connectivity index (χ2n) is 9.71. The lowest BCUT2D eigenvalue weighted by Crippen LogP contribution is -2.56. The molecular formula is C23H30N2O2. The van der Waals surface area contributed by atoms with Gasteiger partial charge in [0.15, 0.2) is 0 Å². The Morgan fingerprint density at radius 2 is 1.74 bits per heavy atom. The van der Waals surface area contributed by atoms with Crippen LogP contribution in [0.3, 0.4) is 0 Å². The minimum Gasteiger partial charge on any atom is -0.330 e. The molecule has 4 heteroatoms. The summed E-state index contributed by atoms with van der Waals surface area (Å²) in [4.78, 5) is 28.6. The zero-order valence-corrected chi connectivity index (χ0v) is 16.2. The van der Waals surface area contributed by atoms with E-state index in [-0.39, 0.29) is 17.4 Å². The Morgan fingerprint density at radius 1 is 1.07 bits per heavy atom. The van der Waals surface area contributed by atoms with Crippen molar-refractivity contribution in [3.05, 3.63) is 29.8 Å². The van der Waals surface area contributed by atoms with Crippen LogP contribution in [0.15, 0.2) is 24.3 Å². The van der Waals surface area contributed by atoms with Crippen LogP contribution in [0.4, 0.5) is 5.69 Å². The third-order valence-electron chi connectivity index (χ3n) is 7.59. The molecule has 1 aromatic rings. The SMILES string of the molecule is Cc1cccc(NC(=O)[C@@H]2CCCN2C(=O)C23CC4CC(CC(C4)C2)C3)c1. The lowest BCUT2D eigenvalue weighted by Gasteiger charge is -2.56. The predicted octanol–water partition coefficient (Wildman–Crippen LogP) is 4.14. The van der Waals surface area contributed by atoms with Crippen LogP contribution in [-0.4, -0.2) is 29.3 Å². The topological polar surface area (TPSA) is 49.4 Å². The van der Waals surface area contributed by atoms with Crippen molar-refractivity contribution in [1.82, 2.24) is 4.90 Å². The molecular weight excluding hydrogens is 336 g/mol. The van der Waals surface area contributed by atoms with Gasteiger partial charge in [0.25, 0.3) is 0 Å². The van der Waals surface area contributed by atoms with Crippen LogP contribution in [0.5, 0.6) is 0 Å². The number of hydrogen-bond acceptors (Lipinski definition) is 2. The summed E-state index contributed by atoms with van der Waals surface area (Å²) in [6.07, 6.45) is 8.94. The van der Waals surface area contributed by atoms with Gasteiger partial charge in [-0.05, 0) is 93.7 Å². The number of carbonyl (C=O) groups is 2. The maximum atomic E-state index is 13.7. The first-order valence-corrected chi connectivity index (χ1v) is 10.7. The van der Waals surface area contributed by atoms with Gasteiger partial charge in [0.05, 0.1) is 5.41 Å². The predicted molar refractivity (Wildman–Crippen MR) is 105 cm³/mol. The number of nitrogens with one attached hydrogen (secondary N) is 1. The second-order valence-corrected chi connectivity index (χ2v) is 9.71. The molecule has 1 aromatic carbocycles. The molecule has 4 bridgehead atoms. The molecule has 5 aliphatic rings. The summed E-state index contributed by atoms with van der Waals surface area (Å²) in [5, 5.41) is 3.05. The van der Waals surface area contributed by atoms with Crippen molar-refractivity contribution >= 4 is 17.5 Å². The normalized spacial score (nSPS) is 36.9. The van der Waals surface area contributed by atoms with E-state index in [2.05, 4.69) is 5.32 Å². The van der Waals surface area contributed by atoms with Crippen molar-refractivity contribution < 1.29 is 9.59 Å². The van der Waals surface area contributed by atoms with Gasteiger partial charge < -0.3 is 10.2 Å². The Balaban J connectivity index is 1.33. The maximum absolute atomic E-state index is 13.7. The molecule has 1 aliphatic heterocycles. The van der Waals surface area contributed by atoms with E-state index in [4.69, 9.17) is 0 Å². The molecule has 0 radical (unpaired) electrons. The van der Waals surface area contributed by atoms with E-state index in [0.29, 0.717) is 5.91 Å². The number of hydrogen-bond donors (Lipinski definition) is 1. The number of nitrogens with zero attached hydrogens (tertiary/aromatic N) is 1. The Hall–Kier alpha value is -1.84. The second kappa shape index (κ2) is 6.35. The standard InChI is InChI=1S/C23H30N2O2/c1-15-4-2-5-19(8-15)24-21(26)20-6-3-7-25(20)22(27)23-12-16-9-17(13-23)11-18(10-16)14-23/h2,4-5,8,16-18,20H,3,6-7,9-14H2,1H3,(H,24,26)/t16?,17?,18?,20-,23?/m0/s1. The van der Waals surface area contributed by atoms with Crippen LogP contribution >= 0.6 is 0 Å². The molecule has 0 spiro atoms. The monoisotopic (exact) mass is 366 g/mol. The summed E-state index contributed by atoms with van der Waals surface area (Å²) < 4.78 is 0. The molecule has 6 rings (SSSR count). The molecule has 1 saturated heterocycles. The van der Waals surface area contributed by atoms with Gasteiger partial charge in [-0.3, -0.25) is 9.59 Å². The highest BCUT2D eigenvalue weighted by atomic mass is 16.2. The molecule has 4 aliphatic carbocycles. The number of rotatable bonds is 3. The van der Waals surface area contributed by atoms with Crippen molar-refractivity contribution in [3.8, 4) is 0 Å². The lowest BCUT2D eigenvalue weighted by molar-refractivity contribution is -0.160. The summed E-state index contributed by atoms with van der Waals surface area (Å²) >= 11 is 0. The van der Waals surface area contributed by atoms with Crippen LogP contribution in [0.2, 0.25) is 0 Å². The van der Waals surface area contributed by atoms with Gasteiger partial charge in [0, 0.05) is 12.2 Å². The van der Waals surface area contributed by atoms with Crippen molar-refractivity contribution in [1.29, 1.82) is 0 Å². The zero-order valence-electron chi connectivity index (χ0n) is 16.2. The fourth-order valence-electron chi connectivity index (χ4n) is 6.91. The highest BCUT2D eigenvalue weighted by molar-refractivity contribution is 5.98. The summed E-state index contributed by atoms with van der Waals surface area (Å²) in [7, 11) is 0. The lowest BCUT2D eigenvalue weighted by atomic mass is 9.49. The van der Waals surface area contributed by atoms with Gasteiger partial charge in [0.2, 0.25) is 11.8 Å². The number of amides is 2. The van der Waals surface area contributed by atoms with Crippen LogP contribution < -0.4 is 5.32 Å². The zero-order chi connectivity index (χ0) is 18.6. The Labute approximate surface area is 161 Å². The Morgan fingerprint density at radius 3 is 2.37 bits per heavy atom. The van der Waals surface area contributed by atoms with E-state index in [1.165, 1.54) is 19.3 Å². The molecule has 2 amide bonds. The molecule has 144 valence electrons. The van der Waals surface area contributed by atoms with E-state index < -0.39 is 0 Å². The van der Waals surface area contributed by atoms with Gasteiger partial charge in [0.1, 0.15) is 6.04 Å². The molecule has 27 heavy (non-hydrogen) atoms. The van der Waals surface area contributed by atoms with Crippen LogP contribution in [-0.2, 0) is 9.59 Å². The minimum absolute atomic E-state index is 0.0174. The minimum atomic E-state index is -0.300. The summed E-state index contributed by atoms with van der Waals surface area (Å²) in [5.74, 6) is 2.53. The summed E-state index contributed by atoms with van der Waals surface area (Å²) in [5.41, 5.74) is 1.80. The van der Waals surface area contributed by atoms with Crippen molar-refractivity contribution in [2.75, 3.05) is 11.9 Å². The van der Waals surface area contributed by atoms with Gasteiger partial charge >= 0.3 is 0 Å².